The quantitative estimate of drug-likeness (QED) is 0.600. The van der Waals surface area contributed by atoms with Gasteiger partial charge in [-0.2, -0.15) is 0 Å². The zero-order valence-corrected chi connectivity index (χ0v) is 18.1. The third-order valence-electron chi connectivity index (χ3n) is 3.84. The molecule has 8 heteroatoms. The Hall–Kier alpha value is -2.51. The van der Waals surface area contributed by atoms with E-state index >= 15 is 0 Å². The molecule has 0 fully saturated rings. The molecule has 0 unspecified atom stereocenters. The molecule has 0 saturated heterocycles. The molecule has 0 spiro atoms. The Balaban J connectivity index is 1.78. The molecule has 0 aliphatic carbocycles. The predicted molar refractivity (Wildman–Crippen MR) is 118 cm³/mol. The summed E-state index contributed by atoms with van der Waals surface area (Å²) in [5.41, 5.74) is 3.48. The topological polar surface area (TPSA) is 84.5 Å². The summed E-state index contributed by atoms with van der Waals surface area (Å²) >= 11 is 7.38. The molecule has 0 aromatic heterocycles. The van der Waals surface area contributed by atoms with Crippen LogP contribution in [0, 0.1) is 13.8 Å². The number of benzene rings is 2. The Morgan fingerprint density at radius 1 is 1.00 bits per heavy atom. The highest BCUT2D eigenvalue weighted by atomic mass is 35.5. The summed E-state index contributed by atoms with van der Waals surface area (Å²) in [5.74, 6) is -0.630. The van der Waals surface area contributed by atoms with Crippen molar-refractivity contribution >= 4 is 52.5 Å². The molecule has 0 atom stereocenters. The average Bonchev–Trinajstić information content (AvgIpc) is 2.65. The Morgan fingerprint density at radius 2 is 1.62 bits per heavy atom. The molecular weight excluding hydrogens is 412 g/mol. The number of hydrogen-bond donors (Lipinski definition) is 2. The Morgan fingerprint density at radius 3 is 2.21 bits per heavy atom. The second-order valence-electron chi connectivity index (χ2n) is 6.33. The summed E-state index contributed by atoms with van der Waals surface area (Å²) in [4.78, 5) is 35.8. The van der Waals surface area contributed by atoms with Crippen molar-refractivity contribution in [2.75, 3.05) is 28.7 Å². The van der Waals surface area contributed by atoms with Gasteiger partial charge < -0.3 is 15.4 Å². The molecule has 6 nitrogen and oxygen atoms in total. The molecule has 154 valence electrons. The minimum atomic E-state index is -0.407. The van der Waals surface area contributed by atoms with Crippen molar-refractivity contribution in [3.05, 3.63) is 58.1 Å². The number of anilines is 2. The zero-order chi connectivity index (χ0) is 21.4. The first-order chi connectivity index (χ1) is 13.8. The molecule has 0 bridgehead atoms. The summed E-state index contributed by atoms with van der Waals surface area (Å²) in [6, 6.07) is 10.2. The van der Waals surface area contributed by atoms with Crippen LogP contribution < -0.4 is 10.6 Å². The van der Waals surface area contributed by atoms with E-state index in [1.54, 1.807) is 37.3 Å². The van der Waals surface area contributed by atoms with Gasteiger partial charge in [-0.25, -0.2) is 4.79 Å². The summed E-state index contributed by atoms with van der Waals surface area (Å²) in [6.07, 6.45) is 0. The molecule has 0 heterocycles. The third-order valence-corrected chi connectivity index (χ3v) is 5.07. The van der Waals surface area contributed by atoms with Gasteiger partial charge in [0.2, 0.25) is 11.8 Å². The van der Waals surface area contributed by atoms with E-state index in [-0.39, 0.29) is 23.3 Å². The van der Waals surface area contributed by atoms with Crippen molar-refractivity contribution in [1.29, 1.82) is 0 Å². The molecule has 2 amide bonds. The van der Waals surface area contributed by atoms with Crippen molar-refractivity contribution < 1.29 is 19.1 Å². The van der Waals surface area contributed by atoms with Crippen molar-refractivity contribution in [3.63, 3.8) is 0 Å². The summed E-state index contributed by atoms with van der Waals surface area (Å²) in [6.45, 7) is 5.85. The predicted octanol–water partition coefficient (Wildman–Crippen LogP) is 4.44. The van der Waals surface area contributed by atoms with Gasteiger partial charge in [-0.1, -0.05) is 17.7 Å². The van der Waals surface area contributed by atoms with E-state index in [9.17, 15) is 14.4 Å². The number of rotatable bonds is 8. The maximum Gasteiger partial charge on any atom is 0.338 e. The highest BCUT2D eigenvalue weighted by Crippen LogP contribution is 2.27. The van der Waals surface area contributed by atoms with Crippen LogP contribution in [0.25, 0.3) is 0 Å². The average molecular weight is 435 g/mol. The standard InChI is InChI=1S/C21H23ClN2O4S/c1-4-28-21(27)15-5-7-16(8-6-15)23-18(25)11-29-12-19(26)24-20-14(3)9-13(2)10-17(20)22/h5-10H,4,11-12H2,1-3H3,(H,23,25)(H,24,26). The Kier molecular flexibility index (Phi) is 8.54. The number of amides is 2. The fourth-order valence-electron chi connectivity index (χ4n) is 2.59. The van der Waals surface area contributed by atoms with Crippen LogP contribution >= 0.6 is 23.4 Å². The van der Waals surface area contributed by atoms with Gasteiger partial charge in [0, 0.05) is 5.69 Å². The number of nitrogens with one attached hydrogen (secondary N) is 2. The zero-order valence-electron chi connectivity index (χ0n) is 16.5. The molecule has 0 radical (unpaired) electrons. The van der Waals surface area contributed by atoms with Gasteiger partial charge in [0.05, 0.1) is 34.4 Å². The van der Waals surface area contributed by atoms with E-state index in [0.29, 0.717) is 28.6 Å². The molecular formula is C21H23ClN2O4S. The summed E-state index contributed by atoms with van der Waals surface area (Å²) in [7, 11) is 0. The number of carbonyl (C=O) groups excluding carboxylic acids is 3. The largest absolute Gasteiger partial charge is 0.462 e. The van der Waals surface area contributed by atoms with Crippen molar-refractivity contribution in [1.82, 2.24) is 0 Å². The first-order valence-corrected chi connectivity index (χ1v) is 10.5. The van der Waals surface area contributed by atoms with E-state index in [1.165, 1.54) is 11.8 Å². The SMILES string of the molecule is CCOC(=O)c1ccc(NC(=O)CSCC(=O)Nc2c(C)cc(C)cc2Cl)cc1. The van der Waals surface area contributed by atoms with E-state index in [0.717, 1.165) is 11.1 Å². The lowest BCUT2D eigenvalue weighted by molar-refractivity contribution is -0.114. The van der Waals surface area contributed by atoms with Crippen LogP contribution in [-0.2, 0) is 14.3 Å². The number of aryl methyl sites for hydroxylation is 2. The molecule has 29 heavy (non-hydrogen) atoms. The van der Waals surface area contributed by atoms with Gasteiger partial charge in [0.15, 0.2) is 0 Å². The first-order valence-electron chi connectivity index (χ1n) is 9.01. The summed E-state index contributed by atoms with van der Waals surface area (Å²) < 4.78 is 4.91. The monoisotopic (exact) mass is 434 g/mol. The number of hydrogen-bond acceptors (Lipinski definition) is 5. The first kappa shape index (κ1) is 22.8. The third kappa shape index (κ3) is 7.11. The van der Waals surface area contributed by atoms with Crippen molar-refractivity contribution in [2.24, 2.45) is 0 Å². The highest BCUT2D eigenvalue weighted by Gasteiger charge is 2.11. The Labute approximate surface area is 179 Å². The van der Waals surface area contributed by atoms with Gasteiger partial charge in [-0.05, 0) is 62.2 Å². The van der Waals surface area contributed by atoms with E-state index in [2.05, 4.69) is 10.6 Å². The fraction of sp³-hybridized carbons (Fsp3) is 0.286. The maximum atomic E-state index is 12.1. The van der Waals surface area contributed by atoms with E-state index in [1.807, 2.05) is 19.9 Å². The van der Waals surface area contributed by atoms with Gasteiger partial charge in [0.25, 0.3) is 0 Å². The van der Waals surface area contributed by atoms with Crippen molar-refractivity contribution in [2.45, 2.75) is 20.8 Å². The minimum Gasteiger partial charge on any atom is -0.462 e. The molecule has 2 aromatic carbocycles. The smallest absolute Gasteiger partial charge is 0.338 e. The number of carbonyl (C=O) groups is 3. The number of ether oxygens (including phenoxy) is 1. The number of halogens is 1. The lowest BCUT2D eigenvalue weighted by atomic mass is 10.1. The van der Waals surface area contributed by atoms with Crippen LogP contribution in [0.5, 0.6) is 0 Å². The lowest BCUT2D eigenvalue weighted by Gasteiger charge is -2.11. The minimum absolute atomic E-state index is 0.119. The molecule has 0 aliphatic heterocycles. The van der Waals surface area contributed by atoms with Crippen molar-refractivity contribution in [3.8, 4) is 0 Å². The molecule has 0 saturated carbocycles. The van der Waals surface area contributed by atoms with Crippen LogP contribution in [0.1, 0.15) is 28.4 Å². The van der Waals surface area contributed by atoms with Crippen LogP contribution in [-0.4, -0.2) is 35.9 Å². The molecule has 2 N–H and O–H groups in total. The molecule has 0 aliphatic rings. The van der Waals surface area contributed by atoms with Gasteiger partial charge in [-0.3, -0.25) is 9.59 Å². The second kappa shape index (κ2) is 10.9. The summed E-state index contributed by atoms with van der Waals surface area (Å²) in [5, 5.41) is 6.00. The lowest BCUT2D eigenvalue weighted by Crippen LogP contribution is -2.19. The van der Waals surface area contributed by atoms with Crippen LogP contribution in [0.4, 0.5) is 11.4 Å². The molecule has 2 aromatic rings. The van der Waals surface area contributed by atoms with Gasteiger partial charge in [-0.15, -0.1) is 11.8 Å². The Bertz CT molecular complexity index is 877. The molecule has 2 rings (SSSR count). The normalized spacial score (nSPS) is 10.3. The second-order valence-corrected chi connectivity index (χ2v) is 7.72. The maximum absolute atomic E-state index is 12.1. The number of esters is 1. The van der Waals surface area contributed by atoms with Crippen LogP contribution in [0.15, 0.2) is 36.4 Å². The van der Waals surface area contributed by atoms with E-state index in [4.69, 9.17) is 16.3 Å². The van der Waals surface area contributed by atoms with Gasteiger partial charge >= 0.3 is 5.97 Å². The number of thioether (sulfide) groups is 1. The fourth-order valence-corrected chi connectivity index (χ4v) is 3.57. The van der Waals surface area contributed by atoms with Crippen LogP contribution in [0.3, 0.4) is 0 Å². The van der Waals surface area contributed by atoms with E-state index < -0.39 is 5.97 Å². The highest BCUT2D eigenvalue weighted by molar-refractivity contribution is 8.00. The van der Waals surface area contributed by atoms with Gasteiger partial charge in [0.1, 0.15) is 0 Å². The van der Waals surface area contributed by atoms with Crippen LogP contribution in [0.2, 0.25) is 5.02 Å².